The number of ether oxygens (including phenoxy) is 3. The molecule has 0 spiro atoms. The van der Waals surface area contributed by atoms with Crippen molar-refractivity contribution in [2.75, 3.05) is 48.8 Å². The summed E-state index contributed by atoms with van der Waals surface area (Å²) in [6, 6.07) is -0.0674. The van der Waals surface area contributed by atoms with Crippen molar-refractivity contribution < 1.29 is 23.8 Å². The first kappa shape index (κ1) is 23.7. The van der Waals surface area contributed by atoms with Gasteiger partial charge in [0.05, 0.1) is 12.6 Å². The topological polar surface area (TPSA) is 123 Å². The Morgan fingerprint density at radius 2 is 1.69 bits per heavy atom. The monoisotopic (exact) mass is 450 g/mol. The molecule has 1 aromatic heterocycles. The van der Waals surface area contributed by atoms with Crippen LogP contribution in [0.5, 0.6) is 5.75 Å². The van der Waals surface area contributed by atoms with E-state index in [1.54, 1.807) is 32.7 Å². The van der Waals surface area contributed by atoms with E-state index in [0.717, 1.165) is 6.42 Å². The van der Waals surface area contributed by atoms with Gasteiger partial charge in [0.2, 0.25) is 11.7 Å². The predicted molar refractivity (Wildman–Crippen MR) is 120 cm³/mol. The number of carbonyl (C=O) groups is 2. The molecule has 1 fully saturated rings. The molecule has 0 aliphatic carbocycles. The van der Waals surface area contributed by atoms with E-state index in [2.05, 4.69) is 9.97 Å². The molecular weight excluding hydrogens is 416 g/mol. The molecule has 2 N–H and O–H groups in total. The highest BCUT2D eigenvalue weighted by molar-refractivity contribution is 5.90. The van der Waals surface area contributed by atoms with Crippen LogP contribution in [-0.4, -0.2) is 77.6 Å². The maximum absolute atomic E-state index is 12.7. The van der Waals surface area contributed by atoms with Gasteiger partial charge in [-0.2, -0.15) is 9.97 Å². The van der Waals surface area contributed by atoms with Crippen molar-refractivity contribution in [1.29, 1.82) is 0 Å². The molecule has 178 valence electrons. The highest BCUT2D eigenvalue weighted by atomic mass is 16.6. The number of nitrogen functional groups attached to an aromatic ring is 1. The maximum Gasteiger partial charge on any atom is 0.416 e. The maximum atomic E-state index is 12.7. The summed E-state index contributed by atoms with van der Waals surface area (Å²) in [7, 11) is 1.73. The normalized spacial score (nSPS) is 18.7. The van der Waals surface area contributed by atoms with E-state index in [1.807, 2.05) is 25.7 Å². The second-order valence-electron chi connectivity index (χ2n) is 10.0. The summed E-state index contributed by atoms with van der Waals surface area (Å²) < 4.78 is 16.9. The number of hydrogen-bond donors (Lipinski definition) is 1. The third kappa shape index (κ3) is 5.43. The third-order valence-corrected chi connectivity index (χ3v) is 4.97. The molecule has 2 aliphatic rings. The summed E-state index contributed by atoms with van der Waals surface area (Å²) in [5, 5.41) is 0. The van der Waals surface area contributed by atoms with Gasteiger partial charge in [-0.25, -0.2) is 9.59 Å². The van der Waals surface area contributed by atoms with Gasteiger partial charge >= 0.3 is 12.2 Å². The van der Waals surface area contributed by atoms with E-state index < -0.39 is 17.3 Å². The van der Waals surface area contributed by atoms with Gasteiger partial charge in [0.1, 0.15) is 17.8 Å². The van der Waals surface area contributed by atoms with Crippen molar-refractivity contribution in [3.8, 4) is 5.75 Å². The molecule has 11 heteroatoms. The van der Waals surface area contributed by atoms with Crippen LogP contribution >= 0.6 is 0 Å². The second-order valence-corrected chi connectivity index (χ2v) is 10.0. The van der Waals surface area contributed by atoms with Crippen molar-refractivity contribution in [1.82, 2.24) is 14.9 Å². The second kappa shape index (κ2) is 8.51. The van der Waals surface area contributed by atoms with Crippen LogP contribution in [0.4, 0.5) is 27.2 Å². The number of hydrogen-bond acceptors (Lipinski definition) is 9. The number of anilines is 3. The minimum absolute atomic E-state index is 0.0294. The molecule has 1 saturated heterocycles. The van der Waals surface area contributed by atoms with Crippen LogP contribution in [0.1, 0.15) is 48.0 Å². The van der Waals surface area contributed by atoms with Crippen LogP contribution < -0.4 is 20.3 Å². The largest absolute Gasteiger partial charge is 0.485 e. The van der Waals surface area contributed by atoms with Crippen LogP contribution in [-0.2, 0) is 9.47 Å². The molecule has 0 aromatic carbocycles. The average molecular weight is 451 g/mol. The first-order valence-corrected chi connectivity index (χ1v) is 10.8. The molecule has 0 unspecified atom stereocenters. The molecule has 11 nitrogen and oxygen atoms in total. The van der Waals surface area contributed by atoms with Crippen molar-refractivity contribution >= 4 is 29.8 Å². The zero-order valence-electron chi connectivity index (χ0n) is 20.0. The lowest BCUT2D eigenvalue weighted by Gasteiger charge is -2.33. The molecule has 3 heterocycles. The van der Waals surface area contributed by atoms with Gasteiger partial charge in [0, 0.05) is 20.1 Å². The Labute approximate surface area is 188 Å². The zero-order valence-corrected chi connectivity index (χ0v) is 20.0. The number of likely N-dealkylation sites (N-methyl/N-ethyl adjacent to an activating group) is 1. The van der Waals surface area contributed by atoms with Gasteiger partial charge in [-0.3, -0.25) is 4.90 Å². The number of fused-ring (bicyclic) bond motifs is 1. The first-order valence-electron chi connectivity index (χ1n) is 10.8. The number of nitrogens with two attached hydrogens (primary N) is 1. The summed E-state index contributed by atoms with van der Waals surface area (Å²) in [5.74, 6) is 1.21. The quantitative estimate of drug-likeness (QED) is 0.724. The van der Waals surface area contributed by atoms with Crippen molar-refractivity contribution in [3.05, 3.63) is 0 Å². The highest BCUT2D eigenvalue weighted by Crippen LogP contribution is 2.40. The van der Waals surface area contributed by atoms with Crippen LogP contribution in [0.15, 0.2) is 0 Å². The zero-order chi connectivity index (χ0) is 23.8. The predicted octanol–water partition coefficient (Wildman–Crippen LogP) is 2.64. The molecular formula is C21H34N6O5. The summed E-state index contributed by atoms with van der Waals surface area (Å²) in [6.45, 7) is 12.7. The summed E-state index contributed by atoms with van der Waals surface area (Å²) in [6.07, 6.45) is -0.166. The van der Waals surface area contributed by atoms with E-state index in [0.29, 0.717) is 31.2 Å². The van der Waals surface area contributed by atoms with E-state index in [9.17, 15) is 9.59 Å². The van der Waals surface area contributed by atoms with Gasteiger partial charge in [0.25, 0.3) is 0 Å². The lowest BCUT2D eigenvalue weighted by Crippen LogP contribution is -2.43. The Hall–Kier alpha value is -2.98. The van der Waals surface area contributed by atoms with Gasteiger partial charge in [-0.1, -0.05) is 0 Å². The Morgan fingerprint density at radius 1 is 1.06 bits per heavy atom. The molecule has 1 aromatic rings. The molecule has 2 aliphatic heterocycles. The fourth-order valence-corrected chi connectivity index (χ4v) is 3.54. The van der Waals surface area contributed by atoms with Crippen LogP contribution in [0, 0.1) is 0 Å². The van der Waals surface area contributed by atoms with E-state index in [-0.39, 0.29) is 30.5 Å². The molecule has 0 radical (unpaired) electrons. The molecule has 1 atom stereocenters. The highest BCUT2D eigenvalue weighted by Gasteiger charge is 2.37. The van der Waals surface area contributed by atoms with E-state index >= 15 is 0 Å². The summed E-state index contributed by atoms with van der Waals surface area (Å²) in [5.41, 5.74) is 4.77. The lowest BCUT2D eigenvalue weighted by molar-refractivity contribution is 0.0237. The SMILES string of the molecule is CN(C(=O)OC(C)(C)C)[C@@H]1CCN(c2nc(N)nc3c2OCCN3C(=O)OC(C)(C)C)C1. The van der Waals surface area contributed by atoms with E-state index in [4.69, 9.17) is 19.9 Å². The molecule has 2 amide bonds. The lowest BCUT2D eigenvalue weighted by atomic mass is 10.2. The average Bonchev–Trinajstić information content (AvgIpc) is 3.13. The van der Waals surface area contributed by atoms with Gasteiger partial charge in [-0.15, -0.1) is 0 Å². The van der Waals surface area contributed by atoms with Crippen molar-refractivity contribution in [3.63, 3.8) is 0 Å². The number of amides is 2. The van der Waals surface area contributed by atoms with E-state index in [1.165, 1.54) is 4.90 Å². The van der Waals surface area contributed by atoms with Gasteiger partial charge in [-0.05, 0) is 48.0 Å². The molecule has 3 rings (SSSR count). The first-order chi connectivity index (χ1) is 14.7. The fourth-order valence-electron chi connectivity index (χ4n) is 3.54. The Bertz CT molecular complexity index is 879. The van der Waals surface area contributed by atoms with Crippen molar-refractivity contribution in [2.45, 2.75) is 65.2 Å². The van der Waals surface area contributed by atoms with Crippen LogP contribution in [0.25, 0.3) is 0 Å². The minimum Gasteiger partial charge on any atom is -0.485 e. The fraction of sp³-hybridized carbons (Fsp3) is 0.714. The standard InChI is InChI=1S/C21H34N6O5/c1-20(2,3)31-18(28)25(7)13-8-9-26(12-13)15-14-16(24-17(22)23-15)27(10-11-30-14)19(29)32-21(4,5)6/h13H,8-12H2,1-7H3,(H2,22,23,24)/t13-/m1/s1. The minimum atomic E-state index is -0.647. The summed E-state index contributed by atoms with van der Waals surface area (Å²) >= 11 is 0. The van der Waals surface area contributed by atoms with Crippen LogP contribution in [0.2, 0.25) is 0 Å². The van der Waals surface area contributed by atoms with Crippen LogP contribution in [0.3, 0.4) is 0 Å². The van der Waals surface area contributed by atoms with Gasteiger partial charge in [0.15, 0.2) is 11.6 Å². The van der Waals surface area contributed by atoms with Gasteiger partial charge < -0.3 is 29.7 Å². The Morgan fingerprint density at radius 3 is 2.31 bits per heavy atom. The molecule has 0 bridgehead atoms. The Kier molecular flexibility index (Phi) is 6.30. The smallest absolute Gasteiger partial charge is 0.416 e. The Balaban J connectivity index is 1.81. The van der Waals surface area contributed by atoms with Crippen molar-refractivity contribution in [2.24, 2.45) is 0 Å². The number of carbonyl (C=O) groups excluding carboxylic acids is 2. The number of nitrogens with zero attached hydrogens (tertiary/aromatic N) is 5. The molecule has 32 heavy (non-hydrogen) atoms. The summed E-state index contributed by atoms with van der Waals surface area (Å²) in [4.78, 5) is 38.9. The molecule has 0 saturated carbocycles. The third-order valence-electron chi connectivity index (χ3n) is 4.97. The number of rotatable bonds is 2. The number of aromatic nitrogens is 2.